The number of carbonyl (C=O) groups excluding carboxylic acids is 1. The summed E-state index contributed by atoms with van der Waals surface area (Å²) in [5.74, 6) is 0.403. The Balaban J connectivity index is 1.44. The van der Waals surface area contributed by atoms with Crippen LogP contribution in [0.3, 0.4) is 0 Å². The molecule has 0 fully saturated rings. The van der Waals surface area contributed by atoms with Crippen molar-refractivity contribution in [3.05, 3.63) is 66.6 Å². The molecule has 1 amide bonds. The van der Waals surface area contributed by atoms with Gasteiger partial charge in [0.2, 0.25) is 0 Å². The highest BCUT2D eigenvalue weighted by Gasteiger charge is 2.12. The lowest BCUT2D eigenvalue weighted by atomic mass is 10.1. The van der Waals surface area contributed by atoms with E-state index in [0.717, 1.165) is 24.9 Å². The van der Waals surface area contributed by atoms with Crippen LogP contribution in [0.15, 0.2) is 65.4 Å². The third kappa shape index (κ3) is 4.10. The van der Waals surface area contributed by atoms with Crippen molar-refractivity contribution < 1.29 is 9.32 Å². The number of hydrogen-bond acceptors (Lipinski definition) is 3. The molecule has 0 atom stereocenters. The Labute approximate surface area is 134 Å². The zero-order valence-electron chi connectivity index (χ0n) is 12.8. The van der Waals surface area contributed by atoms with E-state index in [1.54, 1.807) is 6.07 Å². The fraction of sp³-hybridized carbons (Fsp3) is 0.222. The number of benzene rings is 1. The first-order chi connectivity index (χ1) is 11.3. The molecule has 0 radical (unpaired) electrons. The number of amides is 1. The molecule has 0 saturated heterocycles. The molecule has 1 aromatic carbocycles. The van der Waals surface area contributed by atoms with Gasteiger partial charge in [-0.05, 0) is 25.0 Å². The molecule has 0 saturated carbocycles. The number of rotatable bonds is 7. The van der Waals surface area contributed by atoms with Gasteiger partial charge in [-0.3, -0.25) is 4.79 Å². The minimum absolute atomic E-state index is 0.197. The molecule has 23 heavy (non-hydrogen) atoms. The van der Waals surface area contributed by atoms with Crippen LogP contribution in [0.25, 0.3) is 11.3 Å². The topological polar surface area (TPSA) is 60.1 Å². The number of carbonyl (C=O) groups is 1. The third-order valence-electron chi connectivity index (χ3n) is 3.60. The summed E-state index contributed by atoms with van der Waals surface area (Å²) in [4.78, 5) is 12.0. The molecule has 1 N–H and O–H groups in total. The van der Waals surface area contributed by atoms with Crippen LogP contribution in [0.2, 0.25) is 0 Å². The zero-order chi connectivity index (χ0) is 15.9. The second-order valence-electron chi connectivity index (χ2n) is 5.33. The predicted molar refractivity (Wildman–Crippen MR) is 87.9 cm³/mol. The van der Waals surface area contributed by atoms with E-state index in [4.69, 9.17) is 4.52 Å². The van der Waals surface area contributed by atoms with Crippen molar-refractivity contribution in [1.82, 2.24) is 15.0 Å². The Morgan fingerprint density at radius 1 is 1.09 bits per heavy atom. The molecule has 3 rings (SSSR count). The minimum atomic E-state index is -0.197. The molecule has 0 aliphatic rings. The van der Waals surface area contributed by atoms with Gasteiger partial charge < -0.3 is 14.4 Å². The van der Waals surface area contributed by atoms with Gasteiger partial charge in [-0.15, -0.1) is 0 Å². The van der Waals surface area contributed by atoms with Crippen LogP contribution in [0.4, 0.5) is 0 Å². The first-order valence-corrected chi connectivity index (χ1v) is 7.74. The molecule has 0 spiro atoms. The molecule has 0 bridgehead atoms. The first-order valence-electron chi connectivity index (χ1n) is 7.74. The third-order valence-corrected chi connectivity index (χ3v) is 3.60. The zero-order valence-corrected chi connectivity index (χ0v) is 12.8. The average molecular weight is 309 g/mol. The SMILES string of the molecule is O=C(NCCCCn1cccc1)c1cc(-c2ccccc2)on1. The number of nitrogens with zero attached hydrogens (tertiary/aromatic N) is 2. The second-order valence-corrected chi connectivity index (χ2v) is 5.33. The van der Waals surface area contributed by atoms with Crippen LogP contribution in [0, 0.1) is 0 Å². The van der Waals surface area contributed by atoms with Crippen molar-refractivity contribution in [1.29, 1.82) is 0 Å². The van der Waals surface area contributed by atoms with E-state index >= 15 is 0 Å². The van der Waals surface area contributed by atoms with Crippen molar-refractivity contribution >= 4 is 5.91 Å². The van der Waals surface area contributed by atoms with Gasteiger partial charge in [0, 0.05) is 37.1 Å². The van der Waals surface area contributed by atoms with Gasteiger partial charge in [0.05, 0.1) is 0 Å². The van der Waals surface area contributed by atoms with Crippen molar-refractivity contribution in [2.75, 3.05) is 6.54 Å². The highest BCUT2D eigenvalue weighted by atomic mass is 16.5. The number of unbranched alkanes of at least 4 members (excludes halogenated alkanes) is 1. The van der Waals surface area contributed by atoms with Crippen molar-refractivity contribution in [3.8, 4) is 11.3 Å². The Kier molecular flexibility index (Phi) is 4.88. The highest BCUT2D eigenvalue weighted by molar-refractivity contribution is 5.93. The van der Waals surface area contributed by atoms with E-state index in [1.165, 1.54) is 0 Å². The monoisotopic (exact) mass is 309 g/mol. The standard InChI is InChI=1S/C18H19N3O2/c22-18(19-10-4-5-11-21-12-6-7-13-21)16-14-17(23-20-16)15-8-2-1-3-9-15/h1-3,6-9,12-14H,4-5,10-11H2,(H,19,22). The fourth-order valence-corrected chi connectivity index (χ4v) is 2.35. The van der Waals surface area contributed by atoms with Gasteiger partial charge in [-0.1, -0.05) is 35.5 Å². The molecule has 0 aliphatic heterocycles. The number of aromatic nitrogens is 2. The van der Waals surface area contributed by atoms with Gasteiger partial charge in [0.25, 0.3) is 5.91 Å². The molecular weight excluding hydrogens is 290 g/mol. The summed E-state index contributed by atoms with van der Waals surface area (Å²) in [6.45, 7) is 1.60. The van der Waals surface area contributed by atoms with Gasteiger partial charge >= 0.3 is 0 Å². The van der Waals surface area contributed by atoms with E-state index < -0.39 is 0 Å². The maximum atomic E-state index is 12.0. The van der Waals surface area contributed by atoms with Crippen LogP contribution < -0.4 is 5.32 Å². The summed E-state index contributed by atoms with van der Waals surface area (Å²) in [7, 11) is 0. The van der Waals surface area contributed by atoms with Crippen LogP contribution in [0.1, 0.15) is 23.3 Å². The highest BCUT2D eigenvalue weighted by Crippen LogP contribution is 2.19. The average Bonchev–Trinajstić information content (AvgIpc) is 3.27. The largest absolute Gasteiger partial charge is 0.355 e. The lowest BCUT2D eigenvalue weighted by Gasteiger charge is -2.04. The van der Waals surface area contributed by atoms with E-state index in [0.29, 0.717) is 18.0 Å². The quantitative estimate of drug-likeness (QED) is 0.681. The normalized spacial score (nSPS) is 10.6. The molecular formula is C18H19N3O2. The van der Waals surface area contributed by atoms with Gasteiger partial charge in [0.1, 0.15) is 0 Å². The van der Waals surface area contributed by atoms with Crippen LogP contribution in [-0.2, 0) is 6.54 Å². The lowest BCUT2D eigenvalue weighted by Crippen LogP contribution is -2.24. The van der Waals surface area contributed by atoms with Crippen LogP contribution in [0.5, 0.6) is 0 Å². The minimum Gasteiger partial charge on any atom is -0.355 e. The Bertz CT molecular complexity index is 733. The molecule has 0 aliphatic carbocycles. The van der Waals surface area contributed by atoms with Crippen LogP contribution in [-0.4, -0.2) is 22.2 Å². The van der Waals surface area contributed by atoms with E-state index in [2.05, 4.69) is 15.0 Å². The maximum Gasteiger partial charge on any atom is 0.273 e. The van der Waals surface area contributed by atoms with Gasteiger partial charge in [0.15, 0.2) is 11.5 Å². The summed E-state index contributed by atoms with van der Waals surface area (Å²) in [5.41, 5.74) is 1.22. The molecule has 0 unspecified atom stereocenters. The first kappa shape index (κ1) is 15.1. The molecule has 5 nitrogen and oxygen atoms in total. The second kappa shape index (κ2) is 7.45. The van der Waals surface area contributed by atoms with E-state index in [9.17, 15) is 4.79 Å². The lowest BCUT2D eigenvalue weighted by molar-refractivity contribution is 0.0944. The summed E-state index contributed by atoms with van der Waals surface area (Å²) in [6.07, 6.45) is 6.02. The van der Waals surface area contributed by atoms with Crippen LogP contribution >= 0.6 is 0 Å². The Morgan fingerprint density at radius 3 is 2.65 bits per heavy atom. The molecule has 118 valence electrons. The maximum absolute atomic E-state index is 12.0. The van der Waals surface area contributed by atoms with E-state index in [-0.39, 0.29) is 5.91 Å². The Hall–Kier alpha value is -2.82. The molecule has 2 aromatic heterocycles. The van der Waals surface area contributed by atoms with E-state index in [1.807, 2.05) is 54.9 Å². The number of nitrogens with one attached hydrogen (secondary N) is 1. The number of aryl methyl sites for hydroxylation is 1. The molecule has 5 heteroatoms. The molecule has 3 aromatic rings. The van der Waals surface area contributed by atoms with Crippen molar-refractivity contribution in [3.63, 3.8) is 0 Å². The van der Waals surface area contributed by atoms with Crippen molar-refractivity contribution in [2.45, 2.75) is 19.4 Å². The summed E-state index contributed by atoms with van der Waals surface area (Å²) >= 11 is 0. The van der Waals surface area contributed by atoms with Crippen molar-refractivity contribution in [2.24, 2.45) is 0 Å². The summed E-state index contributed by atoms with van der Waals surface area (Å²) in [5, 5.41) is 6.71. The summed E-state index contributed by atoms with van der Waals surface area (Å²) in [6, 6.07) is 15.3. The fourth-order valence-electron chi connectivity index (χ4n) is 2.35. The number of hydrogen-bond donors (Lipinski definition) is 1. The molecule has 2 heterocycles. The van der Waals surface area contributed by atoms with Gasteiger partial charge in [-0.2, -0.15) is 0 Å². The predicted octanol–water partition coefficient (Wildman–Crippen LogP) is 3.35. The Morgan fingerprint density at radius 2 is 1.87 bits per heavy atom. The summed E-state index contributed by atoms with van der Waals surface area (Å²) < 4.78 is 7.36. The smallest absolute Gasteiger partial charge is 0.273 e. The van der Waals surface area contributed by atoms with Gasteiger partial charge in [-0.25, -0.2) is 0 Å².